The van der Waals surface area contributed by atoms with Gasteiger partial charge in [-0.15, -0.1) is 0 Å². The molecule has 0 spiro atoms. The number of H-pyrrole nitrogens is 1. The average molecular weight is 207 g/mol. The topological polar surface area (TPSA) is 93.6 Å². The smallest absolute Gasteiger partial charge is 0.261 e. The predicted octanol–water partition coefficient (Wildman–Crippen LogP) is 0.962. The van der Waals surface area contributed by atoms with Crippen molar-refractivity contribution in [3.63, 3.8) is 0 Å². The first kappa shape index (κ1) is 9.85. The summed E-state index contributed by atoms with van der Waals surface area (Å²) in [6, 6.07) is 0. The molecular weight excluding hydrogens is 194 g/mol. The molecule has 0 aromatic carbocycles. The number of aromatic nitrogens is 4. The van der Waals surface area contributed by atoms with Crippen LogP contribution < -0.4 is 5.73 Å². The van der Waals surface area contributed by atoms with Crippen molar-refractivity contribution in [3.8, 4) is 11.5 Å². The maximum Gasteiger partial charge on any atom is 0.261 e. The third-order valence-electron chi connectivity index (χ3n) is 2.06. The van der Waals surface area contributed by atoms with Gasteiger partial charge in [-0.1, -0.05) is 5.16 Å². The number of rotatable bonds is 2. The van der Waals surface area contributed by atoms with Gasteiger partial charge in [0.1, 0.15) is 0 Å². The van der Waals surface area contributed by atoms with E-state index in [2.05, 4.69) is 20.3 Å². The Morgan fingerprint density at radius 2 is 2.20 bits per heavy atom. The Balaban J connectivity index is 2.41. The maximum absolute atomic E-state index is 5.85. The van der Waals surface area contributed by atoms with E-state index in [0.717, 1.165) is 11.3 Å². The van der Waals surface area contributed by atoms with Crippen molar-refractivity contribution in [3.05, 3.63) is 17.7 Å². The molecule has 0 aliphatic carbocycles. The molecular formula is C9H13N5O. The van der Waals surface area contributed by atoms with Gasteiger partial charge >= 0.3 is 0 Å². The van der Waals surface area contributed by atoms with Gasteiger partial charge in [0.15, 0.2) is 5.82 Å². The molecule has 0 amide bonds. The van der Waals surface area contributed by atoms with Crippen molar-refractivity contribution in [2.24, 2.45) is 5.73 Å². The first-order chi connectivity index (χ1) is 6.98. The first-order valence-electron chi connectivity index (χ1n) is 4.62. The van der Waals surface area contributed by atoms with E-state index in [-0.39, 0.29) is 0 Å². The van der Waals surface area contributed by atoms with E-state index in [1.54, 1.807) is 6.20 Å². The molecule has 0 bridgehead atoms. The lowest BCUT2D eigenvalue weighted by Gasteiger charge is -2.11. The predicted molar refractivity (Wildman–Crippen MR) is 53.8 cm³/mol. The third kappa shape index (κ3) is 1.75. The zero-order valence-electron chi connectivity index (χ0n) is 8.90. The van der Waals surface area contributed by atoms with Crippen LogP contribution in [0.4, 0.5) is 0 Å². The van der Waals surface area contributed by atoms with Crippen LogP contribution in [0.1, 0.15) is 25.4 Å². The van der Waals surface area contributed by atoms with Crippen LogP contribution in [0.25, 0.3) is 11.5 Å². The molecule has 3 N–H and O–H groups in total. The summed E-state index contributed by atoms with van der Waals surface area (Å²) < 4.78 is 5.12. The molecule has 0 radical (unpaired) electrons. The molecule has 15 heavy (non-hydrogen) atoms. The molecule has 0 aliphatic heterocycles. The van der Waals surface area contributed by atoms with Gasteiger partial charge < -0.3 is 10.3 Å². The Morgan fingerprint density at radius 3 is 2.67 bits per heavy atom. The molecule has 0 saturated heterocycles. The molecule has 0 aliphatic rings. The fourth-order valence-electron chi connectivity index (χ4n) is 1.16. The lowest BCUT2D eigenvalue weighted by atomic mass is 10.1. The Bertz CT molecular complexity index is 465. The van der Waals surface area contributed by atoms with Gasteiger partial charge in [-0.25, -0.2) is 0 Å². The Labute approximate surface area is 86.9 Å². The van der Waals surface area contributed by atoms with Crippen molar-refractivity contribution >= 4 is 0 Å². The van der Waals surface area contributed by atoms with Gasteiger partial charge in [-0.2, -0.15) is 10.1 Å². The highest BCUT2D eigenvalue weighted by Gasteiger charge is 2.22. The molecule has 2 aromatic heterocycles. The van der Waals surface area contributed by atoms with Crippen LogP contribution in [0.2, 0.25) is 0 Å². The Hall–Kier alpha value is -1.69. The van der Waals surface area contributed by atoms with Crippen LogP contribution in [0.15, 0.2) is 10.7 Å². The highest BCUT2D eigenvalue weighted by atomic mass is 16.5. The van der Waals surface area contributed by atoms with Crippen LogP contribution >= 0.6 is 0 Å². The van der Waals surface area contributed by atoms with Crippen LogP contribution in [-0.2, 0) is 5.54 Å². The summed E-state index contributed by atoms with van der Waals surface area (Å²) in [6.45, 7) is 5.54. The second-order valence-corrected chi connectivity index (χ2v) is 4.05. The molecule has 0 unspecified atom stereocenters. The minimum absolute atomic E-state index is 0.440. The summed E-state index contributed by atoms with van der Waals surface area (Å²) in [4.78, 5) is 4.22. The van der Waals surface area contributed by atoms with Gasteiger partial charge in [-0.05, 0) is 20.8 Å². The molecule has 6 heteroatoms. The third-order valence-corrected chi connectivity index (χ3v) is 2.06. The van der Waals surface area contributed by atoms with Crippen LogP contribution in [0, 0.1) is 6.92 Å². The standard InChI is InChI=1S/C9H13N5O/c1-5-6(4-11-13-5)7-12-8(14-15-7)9(2,3)10/h4H,10H2,1-3H3,(H,11,13). The van der Waals surface area contributed by atoms with Gasteiger partial charge in [0.05, 0.1) is 17.3 Å². The Morgan fingerprint density at radius 1 is 1.47 bits per heavy atom. The van der Waals surface area contributed by atoms with E-state index in [9.17, 15) is 0 Å². The van der Waals surface area contributed by atoms with E-state index >= 15 is 0 Å². The number of nitrogens with zero attached hydrogens (tertiary/aromatic N) is 3. The number of nitrogens with one attached hydrogen (secondary N) is 1. The summed E-state index contributed by atoms with van der Waals surface area (Å²) in [6.07, 6.45) is 1.65. The van der Waals surface area contributed by atoms with E-state index in [4.69, 9.17) is 10.3 Å². The largest absolute Gasteiger partial charge is 0.334 e. The monoisotopic (exact) mass is 207 g/mol. The van der Waals surface area contributed by atoms with Crippen molar-refractivity contribution in [2.75, 3.05) is 0 Å². The summed E-state index contributed by atoms with van der Waals surface area (Å²) >= 11 is 0. The lowest BCUT2D eigenvalue weighted by Crippen LogP contribution is -2.30. The van der Waals surface area contributed by atoms with Crippen molar-refractivity contribution in [1.29, 1.82) is 0 Å². The molecule has 2 aromatic rings. The zero-order valence-corrected chi connectivity index (χ0v) is 8.90. The van der Waals surface area contributed by atoms with Crippen LogP contribution in [-0.4, -0.2) is 20.3 Å². The van der Waals surface area contributed by atoms with Crippen molar-refractivity contribution in [1.82, 2.24) is 20.3 Å². The van der Waals surface area contributed by atoms with Crippen LogP contribution in [0.5, 0.6) is 0 Å². The van der Waals surface area contributed by atoms with Gasteiger partial charge in [0.2, 0.25) is 0 Å². The lowest BCUT2D eigenvalue weighted by molar-refractivity contribution is 0.397. The van der Waals surface area contributed by atoms with Crippen molar-refractivity contribution < 1.29 is 4.52 Å². The average Bonchev–Trinajstić information content (AvgIpc) is 2.69. The van der Waals surface area contributed by atoms with Gasteiger partial charge in [0, 0.05) is 5.69 Å². The second-order valence-electron chi connectivity index (χ2n) is 4.05. The molecule has 2 heterocycles. The number of aryl methyl sites for hydroxylation is 1. The summed E-state index contributed by atoms with van der Waals surface area (Å²) in [5.41, 5.74) is 6.95. The van der Waals surface area contributed by atoms with Gasteiger partial charge in [0.25, 0.3) is 5.89 Å². The van der Waals surface area contributed by atoms with E-state index in [1.165, 1.54) is 0 Å². The fraction of sp³-hybridized carbons (Fsp3) is 0.444. The zero-order chi connectivity index (χ0) is 11.1. The van der Waals surface area contributed by atoms with Crippen LogP contribution in [0.3, 0.4) is 0 Å². The van der Waals surface area contributed by atoms with E-state index in [0.29, 0.717) is 11.7 Å². The number of nitrogens with two attached hydrogens (primary N) is 1. The molecule has 2 rings (SSSR count). The molecule has 6 nitrogen and oxygen atoms in total. The summed E-state index contributed by atoms with van der Waals surface area (Å²) in [7, 11) is 0. The fourth-order valence-corrected chi connectivity index (χ4v) is 1.16. The molecule has 0 saturated carbocycles. The van der Waals surface area contributed by atoms with E-state index < -0.39 is 5.54 Å². The maximum atomic E-state index is 5.85. The summed E-state index contributed by atoms with van der Waals surface area (Å²) in [5.74, 6) is 0.924. The Kier molecular flexibility index (Phi) is 2.08. The SMILES string of the molecule is Cc1[nH]ncc1-c1nc(C(C)(C)N)no1. The molecule has 0 fully saturated rings. The first-order valence-corrected chi connectivity index (χ1v) is 4.62. The number of aromatic amines is 1. The molecule has 80 valence electrons. The quantitative estimate of drug-likeness (QED) is 0.765. The van der Waals surface area contributed by atoms with Gasteiger partial charge in [-0.3, -0.25) is 5.10 Å². The van der Waals surface area contributed by atoms with Crippen molar-refractivity contribution in [2.45, 2.75) is 26.3 Å². The minimum Gasteiger partial charge on any atom is -0.334 e. The number of hydrogen-bond donors (Lipinski definition) is 2. The highest BCUT2D eigenvalue weighted by Crippen LogP contribution is 2.21. The minimum atomic E-state index is -0.598. The highest BCUT2D eigenvalue weighted by molar-refractivity contribution is 5.54. The number of hydrogen-bond acceptors (Lipinski definition) is 5. The normalized spacial score (nSPS) is 12.0. The van der Waals surface area contributed by atoms with E-state index in [1.807, 2.05) is 20.8 Å². The summed E-state index contributed by atoms with van der Waals surface area (Å²) in [5, 5.41) is 10.5. The molecule has 0 atom stereocenters. The second kappa shape index (κ2) is 3.16.